The van der Waals surface area contributed by atoms with Crippen LogP contribution in [0.15, 0.2) is 0 Å². The minimum Gasteiger partial charge on any atom is -0.481 e. The molecule has 0 radical (unpaired) electrons. The zero-order valence-electron chi connectivity index (χ0n) is 7.28. The third kappa shape index (κ3) is 1.29. The molecule has 0 spiro atoms. The van der Waals surface area contributed by atoms with Crippen molar-refractivity contribution in [3.05, 3.63) is 0 Å². The zero-order chi connectivity index (χ0) is 9.30. The number of β-lactam (4-membered cyclic amide) rings is 1. The van der Waals surface area contributed by atoms with Crippen LogP contribution in [0.4, 0.5) is 0 Å². The SMILES string of the molecule is CCC(C)N1CC(C(=O)O)C1=O. The summed E-state index contributed by atoms with van der Waals surface area (Å²) >= 11 is 0. The van der Waals surface area contributed by atoms with Gasteiger partial charge in [0.15, 0.2) is 5.92 Å². The molecule has 1 heterocycles. The van der Waals surface area contributed by atoms with Gasteiger partial charge in [-0.25, -0.2) is 0 Å². The van der Waals surface area contributed by atoms with Gasteiger partial charge < -0.3 is 10.0 Å². The van der Waals surface area contributed by atoms with E-state index in [-0.39, 0.29) is 11.9 Å². The largest absolute Gasteiger partial charge is 0.481 e. The number of rotatable bonds is 3. The van der Waals surface area contributed by atoms with Gasteiger partial charge in [-0.3, -0.25) is 9.59 Å². The summed E-state index contributed by atoms with van der Waals surface area (Å²) in [7, 11) is 0. The van der Waals surface area contributed by atoms with Gasteiger partial charge in [-0.15, -0.1) is 0 Å². The lowest BCUT2D eigenvalue weighted by Crippen LogP contribution is -2.58. The second kappa shape index (κ2) is 3.13. The summed E-state index contributed by atoms with van der Waals surface area (Å²) in [6.07, 6.45) is 0.873. The summed E-state index contributed by atoms with van der Waals surface area (Å²) in [5.41, 5.74) is 0. The number of carbonyl (C=O) groups is 2. The highest BCUT2D eigenvalue weighted by Crippen LogP contribution is 2.21. The lowest BCUT2D eigenvalue weighted by molar-refractivity contribution is -0.164. The van der Waals surface area contributed by atoms with Crippen LogP contribution >= 0.6 is 0 Å². The van der Waals surface area contributed by atoms with Crippen molar-refractivity contribution in [3.63, 3.8) is 0 Å². The van der Waals surface area contributed by atoms with Crippen LogP contribution in [0.25, 0.3) is 0 Å². The normalized spacial score (nSPS) is 25.0. The lowest BCUT2D eigenvalue weighted by Gasteiger charge is -2.40. The minimum absolute atomic E-state index is 0.174. The standard InChI is InChI=1S/C8H13NO3/c1-3-5(2)9-4-6(7(9)10)8(11)12/h5-6H,3-4H2,1-2H3,(H,11,12). The smallest absolute Gasteiger partial charge is 0.317 e. The highest BCUT2D eigenvalue weighted by molar-refractivity contribution is 6.01. The van der Waals surface area contributed by atoms with Gasteiger partial charge in [-0.2, -0.15) is 0 Å². The molecule has 1 rings (SSSR count). The molecule has 0 saturated carbocycles. The first-order chi connectivity index (χ1) is 5.57. The highest BCUT2D eigenvalue weighted by Gasteiger charge is 2.43. The Labute approximate surface area is 71.2 Å². The Balaban J connectivity index is 2.49. The number of hydrogen-bond donors (Lipinski definition) is 1. The van der Waals surface area contributed by atoms with Crippen molar-refractivity contribution in [1.29, 1.82) is 0 Å². The Morgan fingerprint density at radius 3 is 2.75 bits per heavy atom. The van der Waals surface area contributed by atoms with Crippen LogP contribution in [0.1, 0.15) is 20.3 Å². The molecule has 1 aliphatic heterocycles. The molecular formula is C8H13NO3. The molecule has 1 saturated heterocycles. The number of carboxylic acids is 1. The topological polar surface area (TPSA) is 57.6 Å². The molecule has 0 aromatic heterocycles. The number of carbonyl (C=O) groups excluding carboxylic acids is 1. The van der Waals surface area contributed by atoms with E-state index in [0.29, 0.717) is 6.54 Å². The van der Waals surface area contributed by atoms with E-state index in [0.717, 1.165) is 6.42 Å². The van der Waals surface area contributed by atoms with Gasteiger partial charge in [0.05, 0.1) is 0 Å². The molecule has 1 fully saturated rings. The van der Waals surface area contributed by atoms with Crippen LogP contribution in [0.3, 0.4) is 0 Å². The van der Waals surface area contributed by atoms with E-state index in [4.69, 9.17) is 5.11 Å². The summed E-state index contributed by atoms with van der Waals surface area (Å²) < 4.78 is 0. The summed E-state index contributed by atoms with van der Waals surface area (Å²) in [6, 6.07) is 0.174. The van der Waals surface area contributed by atoms with Crippen LogP contribution in [0.2, 0.25) is 0 Å². The average molecular weight is 171 g/mol. The van der Waals surface area contributed by atoms with E-state index in [1.165, 1.54) is 0 Å². The number of likely N-dealkylation sites (tertiary alicyclic amines) is 1. The van der Waals surface area contributed by atoms with Gasteiger partial charge in [0.1, 0.15) is 0 Å². The zero-order valence-corrected chi connectivity index (χ0v) is 7.28. The molecule has 0 aromatic carbocycles. The number of carboxylic acid groups (broad SMARTS) is 1. The van der Waals surface area contributed by atoms with Crippen LogP contribution in [-0.4, -0.2) is 34.5 Å². The number of amides is 1. The number of aliphatic carboxylic acids is 1. The van der Waals surface area contributed by atoms with E-state index < -0.39 is 11.9 Å². The molecule has 2 unspecified atom stereocenters. The Morgan fingerprint density at radius 1 is 1.83 bits per heavy atom. The van der Waals surface area contributed by atoms with E-state index in [2.05, 4.69) is 0 Å². The fourth-order valence-electron chi connectivity index (χ4n) is 1.25. The molecule has 0 bridgehead atoms. The fraction of sp³-hybridized carbons (Fsp3) is 0.750. The van der Waals surface area contributed by atoms with Crippen LogP contribution in [0.5, 0.6) is 0 Å². The summed E-state index contributed by atoms with van der Waals surface area (Å²) in [5.74, 6) is -2.02. The number of hydrogen-bond acceptors (Lipinski definition) is 2. The predicted octanol–water partition coefficient (Wildman–Crippen LogP) is 0.328. The van der Waals surface area contributed by atoms with Gasteiger partial charge in [0.25, 0.3) is 0 Å². The summed E-state index contributed by atoms with van der Waals surface area (Å²) in [4.78, 5) is 23.2. The maximum absolute atomic E-state index is 11.1. The van der Waals surface area contributed by atoms with E-state index in [1.54, 1.807) is 4.90 Å². The van der Waals surface area contributed by atoms with E-state index >= 15 is 0 Å². The monoisotopic (exact) mass is 171 g/mol. The summed E-state index contributed by atoms with van der Waals surface area (Å²) in [5, 5.41) is 8.53. The molecule has 4 heteroatoms. The molecule has 1 N–H and O–H groups in total. The molecule has 2 atom stereocenters. The van der Waals surface area contributed by atoms with Crippen molar-refractivity contribution >= 4 is 11.9 Å². The Hall–Kier alpha value is -1.06. The van der Waals surface area contributed by atoms with Crippen molar-refractivity contribution in [1.82, 2.24) is 4.90 Å². The minimum atomic E-state index is -1.00. The van der Waals surface area contributed by atoms with Gasteiger partial charge in [0, 0.05) is 12.6 Å². The van der Waals surface area contributed by atoms with Crippen molar-refractivity contribution in [2.24, 2.45) is 5.92 Å². The maximum Gasteiger partial charge on any atom is 0.317 e. The van der Waals surface area contributed by atoms with Crippen LogP contribution in [-0.2, 0) is 9.59 Å². The van der Waals surface area contributed by atoms with Gasteiger partial charge >= 0.3 is 5.97 Å². The van der Waals surface area contributed by atoms with Gasteiger partial charge in [-0.05, 0) is 13.3 Å². The second-order valence-electron chi connectivity index (χ2n) is 3.14. The fourth-order valence-corrected chi connectivity index (χ4v) is 1.25. The highest BCUT2D eigenvalue weighted by atomic mass is 16.4. The van der Waals surface area contributed by atoms with Crippen LogP contribution in [0, 0.1) is 5.92 Å². The Morgan fingerprint density at radius 2 is 2.42 bits per heavy atom. The maximum atomic E-state index is 11.1. The van der Waals surface area contributed by atoms with Crippen molar-refractivity contribution in [3.8, 4) is 0 Å². The van der Waals surface area contributed by atoms with E-state index in [1.807, 2.05) is 13.8 Å². The predicted molar refractivity (Wildman–Crippen MR) is 42.6 cm³/mol. The quantitative estimate of drug-likeness (QED) is 0.491. The first-order valence-electron chi connectivity index (χ1n) is 4.11. The van der Waals surface area contributed by atoms with Gasteiger partial charge in [-0.1, -0.05) is 6.92 Å². The first-order valence-corrected chi connectivity index (χ1v) is 4.11. The summed E-state index contributed by atoms with van der Waals surface area (Å²) in [6.45, 7) is 4.28. The van der Waals surface area contributed by atoms with Crippen molar-refractivity contribution < 1.29 is 14.7 Å². The molecule has 1 amide bonds. The number of nitrogens with zero attached hydrogens (tertiary/aromatic N) is 1. The Bertz CT molecular complexity index is 214. The molecule has 0 aromatic rings. The Kier molecular flexibility index (Phi) is 2.35. The third-order valence-electron chi connectivity index (χ3n) is 2.38. The third-order valence-corrected chi connectivity index (χ3v) is 2.38. The second-order valence-corrected chi connectivity index (χ2v) is 3.14. The van der Waals surface area contributed by atoms with Crippen molar-refractivity contribution in [2.45, 2.75) is 26.3 Å². The lowest BCUT2D eigenvalue weighted by atomic mass is 9.96. The molecule has 4 nitrogen and oxygen atoms in total. The molecule has 1 aliphatic rings. The van der Waals surface area contributed by atoms with Crippen LogP contribution < -0.4 is 0 Å². The van der Waals surface area contributed by atoms with Gasteiger partial charge in [0.2, 0.25) is 5.91 Å². The van der Waals surface area contributed by atoms with Crippen molar-refractivity contribution in [2.75, 3.05) is 6.54 Å². The molecule has 12 heavy (non-hydrogen) atoms. The van der Waals surface area contributed by atoms with E-state index in [9.17, 15) is 9.59 Å². The molecule has 68 valence electrons. The molecule has 0 aliphatic carbocycles. The average Bonchev–Trinajstić information content (AvgIpc) is 2.00. The molecular weight excluding hydrogens is 158 g/mol. The first kappa shape index (κ1) is 9.03.